The van der Waals surface area contributed by atoms with Crippen molar-refractivity contribution in [3.8, 4) is 0 Å². The molecule has 0 fully saturated rings. The van der Waals surface area contributed by atoms with Gasteiger partial charge in [0.15, 0.2) is 0 Å². The fraction of sp³-hybridized carbons (Fsp3) is 1.00. The van der Waals surface area contributed by atoms with Crippen molar-refractivity contribution < 1.29 is 0 Å². The zero-order valence-corrected chi connectivity index (χ0v) is 9.76. The van der Waals surface area contributed by atoms with Crippen LogP contribution in [-0.2, 0) is 0 Å². The zero-order chi connectivity index (χ0) is 7.44. The van der Waals surface area contributed by atoms with Gasteiger partial charge in [-0.1, -0.05) is 33.3 Å². The fourth-order valence-corrected chi connectivity index (χ4v) is 8.80. The lowest BCUT2D eigenvalue weighted by Crippen LogP contribution is -1.98. The smallest absolute Gasteiger partial charge is 0.148 e. The van der Waals surface area contributed by atoms with Crippen molar-refractivity contribution in [3.05, 3.63) is 0 Å². The van der Waals surface area contributed by atoms with Gasteiger partial charge in [-0.15, -0.1) is 24.1 Å². The zero-order valence-electron chi connectivity index (χ0n) is 6.97. The molecule has 0 aliphatic rings. The molecule has 0 saturated heterocycles. The van der Waals surface area contributed by atoms with Gasteiger partial charge in [0.1, 0.15) is 0 Å². The standard InChI is InChI=1S/C5H16BP3/c1-7-6(8(2)3)9(4)5/h7H,1-5H3. The molecule has 0 amide bonds. The van der Waals surface area contributed by atoms with E-state index >= 15 is 0 Å². The highest BCUT2D eigenvalue weighted by Gasteiger charge is 2.18. The predicted octanol–water partition coefficient (Wildman–Crippen LogP) is 2.76. The summed E-state index contributed by atoms with van der Waals surface area (Å²) in [6.45, 7) is 11.9. The van der Waals surface area contributed by atoms with E-state index in [1.54, 1.807) is 0 Å². The number of rotatable bonds is 3. The summed E-state index contributed by atoms with van der Waals surface area (Å²) in [6, 6.07) is 0. The third-order valence-corrected chi connectivity index (χ3v) is 11.1. The van der Waals surface area contributed by atoms with Crippen LogP contribution in [0.4, 0.5) is 0 Å². The summed E-state index contributed by atoms with van der Waals surface area (Å²) in [5.41, 5.74) is 0. The molecule has 0 aromatic carbocycles. The molecule has 0 aliphatic heterocycles. The van der Waals surface area contributed by atoms with Crippen molar-refractivity contribution in [2.45, 2.75) is 0 Å². The Morgan fingerprint density at radius 2 is 1.33 bits per heavy atom. The molecule has 1 unspecified atom stereocenters. The molecular formula is C5H16BP3. The van der Waals surface area contributed by atoms with Gasteiger partial charge >= 0.3 is 0 Å². The van der Waals surface area contributed by atoms with Gasteiger partial charge in [0.25, 0.3) is 0 Å². The lowest BCUT2D eigenvalue weighted by atomic mass is 10.7. The molecule has 1 atom stereocenters. The minimum Gasteiger partial charge on any atom is -0.148 e. The molecule has 9 heavy (non-hydrogen) atoms. The largest absolute Gasteiger partial charge is 0.224 e. The molecule has 0 spiro atoms. The van der Waals surface area contributed by atoms with E-state index in [2.05, 4.69) is 33.3 Å². The second-order valence-electron chi connectivity index (χ2n) is 2.59. The van der Waals surface area contributed by atoms with E-state index in [1.165, 1.54) is 8.46 Å². The van der Waals surface area contributed by atoms with Crippen molar-refractivity contribution in [1.82, 2.24) is 0 Å². The Hall–Kier alpha value is 1.35. The van der Waals surface area contributed by atoms with Crippen molar-refractivity contribution in [2.24, 2.45) is 0 Å². The van der Waals surface area contributed by atoms with E-state index in [4.69, 9.17) is 0 Å². The molecule has 4 heteroatoms. The van der Waals surface area contributed by atoms with Crippen LogP contribution in [0, 0.1) is 0 Å². The summed E-state index contributed by atoms with van der Waals surface area (Å²) in [5, 5.41) is 0. The summed E-state index contributed by atoms with van der Waals surface area (Å²) < 4.78 is 0. The van der Waals surface area contributed by atoms with Gasteiger partial charge in [-0.25, -0.2) is 0 Å². The summed E-state index contributed by atoms with van der Waals surface area (Å²) in [5.74, 6) is 1.08. The molecule has 0 saturated carbocycles. The van der Waals surface area contributed by atoms with E-state index in [0.29, 0.717) is 15.6 Å². The maximum atomic E-state index is 2.40. The first-order chi connectivity index (χ1) is 4.09. The molecule has 0 rings (SSSR count). The van der Waals surface area contributed by atoms with Crippen LogP contribution in [0.2, 0.25) is 0 Å². The summed E-state index contributed by atoms with van der Waals surface area (Å²) >= 11 is 0. The first kappa shape index (κ1) is 10.4. The Labute approximate surface area is 63.8 Å². The fourth-order valence-electron chi connectivity index (χ4n) is 0.978. The predicted molar refractivity (Wildman–Crippen MR) is 57.5 cm³/mol. The Kier molecular flexibility index (Phi) is 5.83. The average Bonchev–Trinajstić information content (AvgIpc) is 1.64. The van der Waals surface area contributed by atoms with Gasteiger partial charge in [-0.2, -0.15) is 0 Å². The van der Waals surface area contributed by atoms with Gasteiger partial charge in [0.2, 0.25) is 5.87 Å². The van der Waals surface area contributed by atoms with Gasteiger partial charge in [-0.05, 0) is 0 Å². The van der Waals surface area contributed by atoms with Crippen LogP contribution in [0.1, 0.15) is 0 Å². The quantitative estimate of drug-likeness (QED) is 0.462. The van der Waals surface area contributed by atoms with Crippen LogP contribution < -0.4 is 0 Å². The Balaban J connectivity index is 3.68. The second kappa shape index (κ2) is 5.06. The molecule has 0 aromatic rings. The maximum absolute atomic E-state index is 2.40. The van der Waals surface area contributed by atoms with Crippen LogP contribution in [0.5, 0.6) is 0 Å². The molecule has 0 radical (unpaired) electrons. The summed E-state index contributed by atoms with van der Waals surface area (Å²) in [7, 11) is 1.84. The molecule has 0 aromatic heterocycles. The normalized spacial score (nSPS) is 12.3. The molecule has 54 valence electrons. The van der Waals surface area contributed by atoms with Crippen LogP contribution in [0.15, 0.2) is 0 Å². The molecule has 0 aliphatic carbocycles. The van der Waals surface area contributed by atoms with E-state index in [1.807, 2.05) is 0 Å². The van der Waals surface area contributed by atoms with Crippen LogP contribution >= 0.6 is 24.1 Å². The summed E-state index contributed by atoms with van der Waals surface area (Å²) in [4.78, 5) is 0. The van der Waals surface area contributed by atoms with E-state index < -0.39 is 0 Å². The Morgan fingerprint density at radius 3 is 1.33 bits per heavy atom. The van der Waals surface area contributed by atoms with E-state index in [0.717, 1.165) is 5.87 Å². The molecular weight excluding hydrogens is 164 g/mol. The van der Waals surface area contributed by atoms with Crippen LogP contribution in [-0.4, -0.2) is 39.2 Å². The first-order valence-electron chi connectivity index (χ1n) is 3.09. The lowest BCUT2D eigenvalue weighted by Gasteiger charge is -2.19. The van der Waals surface area contributed by atoms with Gasteiger partial charge in [0, 0.05) is 0 Å². The minimum absolute atomic E-state index is 0.338. The Bertz CT molecular complexity index is 66.6. The van der Waals surface area contributed by atoms with E-state index in [9.17, 15) is 0 Å². The highest BCUT2D eigenvalue weighted by molar-refractivity contribution is 8.37. The highest BCUT2D eigenvalue weighted by atomic mass is 31.2. The third kappa shape index (κ3) is 3.92. The maximum Gasteiger partial charge on any atom is 0.224 e. The van der Waals surface area contributed by atoms with Gasteiger partial charge in [-0.3, -0.25) is 0 Å². The Morgan fingerprint density at radius 1 is 1.00 bits per heavy atom. The molecule has 0 bridgehead atoms. The monoisotopic (exact) mass is 180 g/mol. The SMILES string of the molecule is CPB(P(C)C)P(C)C. The summed E-state index contributed by atoms with van der Waals surface area (Å²) in [6.07, 6.45) is 0. The van der Waals surface area contributed by atoms with Crippen molar-refractivity contribution in [1.29, 1.82) is 0 Å². The van der Waals surface area contributed by atoms with Crippen LogP contribution in [0.25, 0.3) is 0 Å². The number of hydrogen-bond donors (Lipinski definition) is 0. The third-order valence-electron chi connectivity index (χ3n) is 1.24. The lowest BCUT2D eigenvalue weighted by molar-refractivity contribution is 2.26. The molecule has 0 heterocycles. The topological polar surface area (TPSA) is 0 Å². The van der Waals surface area contributed by atoms with Crippen molar-refractivity contribution in [2.75, 3.05) is 33.3 Å². The van der Waals surface area contributed by atoms with E-state index in [-0.39, 0.29) is 0 Å². The highest BCUT2D eigenvalue weighted by Crippen LogP contribution is 2.53. The van der Waals surface area contributed by atoms with Crippen molar-refractivity contribution in [3.63, 3.8) is 0 Å². The number of hydrogen-bond acceptors (Lipinski definition) is 0. The first-order valence-corrected chi connectivity index (χ1v) is 9.28. The molecule has 0 N–H and O–H groups in total. The van der Waals surface area contributed by atoms with Crippen molar-refractivity contribution >= 4 is 29.9 Å². The van der Waals surface area contributed by atoms with Gasteiger partial charge < -0.3 is 0 Å². The second-order valence-corrected chi connectivity index (χ2v) is 10.0. The minimum atomic E-state index is 0.338. The molecule has 0 nitrogen and oxygen atoms in total. The van der Waals surface area contributed by atoms with Gasteiger partial charge in [0.05, 0.1) is 0 Å². The average molecular weight is 180 g/mol. The van der Waals surface area contributed by atoms with Crippen LogP contribution in [0.3, 0.4) is 0 Å².